The van der Waals surface area contributed by atoms with E-state index in [4.69, 9.17) is 5.11 Å². The average molecular weight is 129 g/mol. The van der Waals surface area contributed by atoms with Crippen LogP contribution >= 0.6 is 0 Å². The Bertz CT molecular complexity index is 124. The van der Waals surface area contributed by atoms with Crippen molar-refractivity contribution in [1.82, 2.24) is 4.90 Å². The molecular weight excluding hydrogens is 118 g/mol. The molecule has 0 spiro atoms. The fraction of sp³-hybridized carbons (Fsp3) is 0.833. The number of amides is 1. The lowest BCUT2D eigenvalue weighted by Crippen LogP contribution is -2.40. The molecule has 0 aromatic heterocycles. The minimum Gasteiger partial charge on any atom is -0.374 e. The molecule has 1 atom stereocenters. The van der Waals surface area contributed by atoms with E-state index < -0.39 is 6.23 Å². The first-order valence-corrected chi connectivity index (χ1v) is 3.15. The maximum Gasteiger partial charge on any atom is 0.224 e. The monoisotopic (exact) mass is 129 g/mol. The van der Waals surface area contributed by atoms with Crippen LogP contribution < -0.4 is 0 Å². The molecule has 0 saturated carbocycles. The summed E-state index contributed by atoms with van der Waals surface area (Å²) >= 11 is 0. The Morgan fingerprint density at radius 1 is 1.78 bits per heavy atom. The first kappa shape index (κ1) is 6.55. The lowest BCUT2D eigenvalue weighted by atomic mass is 10.1. The lowest BCUT2D eigenvalue weighted by molar-refractivity contribution is -0.143. The van der Waals surface area contributed by atoms with Crippen LogP contribution in [-0.4, -0.2) is 29.2 Å². The van der Waals surface area contributed by atoms with Gasteiger partial charge in [0, 0.05) is 13.5 Å². The number of rotatable bonds is 0. The van der Waals surface area contributed by atoms with Gasteiger partial charge in [-0.25, -0.2) is 0 Å². The Labute approximate surface area is 54.3 Å². The van der Waals surface area contributed by atoms with Crippen molar-refractivity contribution in [2.45, 2.75) is 25.5 Å². The van der Waals surface area contributed by atoms with Crippen molar-refractivity contribution >= 4 is 5.91 Å². The maximum absolute atomic E-state index is 10.8. The Hall–Kier alpha value is -0.570. The zero-order chi connectivity index (χ0) is 6.85. The van der Waals surface area contributed by atoms with Crippen LogP contribution in [0.15, 0.2) is 0 Å². The quantitative estimate of drug-likeness (QED) is 0.498. The van der Waals surface area contributed by atoms with Gasteiger partial charge in [-0.1, -0.05) is 0 Å². The van der Waals surface area contributed by atoms with Crippen molar-refractivity contribution in [2.75, 3.05) is 7.05 Å². The fourth-order valence-electron chi connectivity index (χ4n) is 0.972. The molecule has 0 aromatic rings. The molecule has 0 radical (unpaired) electrons. The molecule has 1 heterocycles. The van der Waals surface area contributed by atoms with E-state index in [1.165, 1.54) is 4.90 Å². The summed E-state index contributed by atoms with van der Waals surface area (Å²) in [5, 5.41) is 9.05. The van der Waals surface area contributed by atoms with Gasteiger partial charge in [0.2, 0.25) is 5.91 Å². The highest BCUT2D eigenvalue weighted by atomic mass is 16.3. The van der Waals surface area contributed by atoms with Crippen LogP contribution in [0.25, 0.3) is 0 Å². The normalized spacial score (nSPS) is 28.9. The molecule has 0 aromatic carbocycles. The van der Waals surface area contributed by atoms with Crippen molar-refractivity contribution in [1.29, 1.82) is 0 Å². The van der Waals surface area contributed by atoms with E-state index in [2.05, 4.69) is 0 Å². The molecule has 9 heavy (non-hydrogen) atoms. The summed E-state index contributed by atoms with van der Waals surface area (Å²) in [6.07, 6.45) is 1.60. The molecule has 1 amide bonds. The fourth-order valence-corrected chi connectivity index (χ4v) is 0.972. The Morgan fingerprint density at radius 2 is 2.44 bits per heavy atom. The molecule has 1 N–H and O–H groups in total. The minimum absolute atomic E-state index is 0.0498. The third-order valence-corrected chi connectivity index (χ3v) is 1.69. The second kappa shape index (κ2) is 2.35. The van der Waals surface area contributed by atoms with Crippen LogP contribution in [-0.2, 0) is 4.79 Å². The minimum atomic E-state index is -0.536. The topological polar surface area (TPSA) is 40.5 Å². The number of carbonyl (C=O) groups is 1. The van der Waals surface area contributed by atoms with Gasteiger partial charge in [-0.05, 0) is 12.8 Å². The maximum atomic E-state index is 10.8. The van der Waals surface area contributed by atoms with Crippen LogP contribution in [0.2, 0.25) is 0 Å². The van der Waals surface area contributed by atoms with Crippen LogP contribution in [0, 0.1) is 0 Å². The molecule has 1 saturated heterocycles. The largest absolute Gasteiger partial charge is 0.374 e. The number of aliphatic hydroxyl groups is 1. The molecule has 3 nitrogen and oxygen atoms in total. The van der Waals surface area contributed by atoms with Gasteiger partial charge in [0.15, 0.2) is 0 Å². The SMILES string of the molecule is CN1C(=O)CCCC1O. The van der Waals surface area contributed by atoms with Gasteiger partial charge in [-0.15, -0.1) is 0 Å². The van der Waals surface area contributed by atoms with E-state index in [1.807, 2.05) is 0 Å². The molecule has 0 aliphatic carbocycles. The van der Waals surface area contributed by atoms with Gasteiger partial charge in [0.1, 0.15) is 6.23 Å². The van der Waals surface area contributed by atoms with Gasteiger partial charge >= 0.3 is 0 Å². The number of hydrogen-bond donors (Lipinski definition) is 1. The van der Waals surface area contributed by atoms with Gasteiger partial charge in [0.25, 0.3) is 0 Å². The van der Waals surface area contributed by atoms with Gasteiger partial charge in [0.05, 0.1) is 0 Å². The van der Waals surface area contributed by atoms with E-state index in [0.717, 1.165) is 12.8 Å². The molecule has 1 aliphatic rings. The highest BCUT2D eigenvalue weighted by Crippen LogP contribution is 2.12. The Morgan fingerprint density at radius 3 is 2.89 bits per heavy atom. The van der Waals surface area contributed by atoms with Crippen LogP contribution in [0.4, 0.5) is 0 Å². The van der Waals surface area contributed by atoms with E-state index in [9.17, 15) is 4.79 Å². The highest BCUT2D eigenvalue weighted by molar-refractivity contribution is 5.76. The van der Waals surface area contributed by atoms with Crippen molar-refractivity contribution in [3.8, 4) is 0 Å². The number of aliphatic hydroxyl groups excluding tert-OH is 1. The molecular formula is C6H11NO2. The second-order valence-electron chi connectivity index (χ2n) is 2.38. The first-order chi connectivity index (χ1) is 4.22. The average Bonchev–Trinajstić information content (AvgIpc) is 1.83. The third kappa shape index (κ3) is 1.21. The lowest BCUT2D eigenvalue weighted by Gasteiger charge is -2.27. The molecule has 1 rings (SSSR count). The Balaban J connectivity index is 2.51. The van der Waals surface area contributed by atoms with Crippen LogP contribution in [0.5, 0.6) is 0 Å². The number of likely N-dealkylation sites (tertiary alicyclic amines) is 1. The highest BCUT2D eigenvalue weighted by Gasteiger charge is 2.21. The smallest absolute Gasteiger partial charge is 0.224 e. The molecule has 0 bridgehead atoms. The van der Waals surface area contributed by atoms with Crippen molar-refractivity contribution in [3.63, 3.8) is 0 Å². The summed E-state index contributed by atoms with van der Waals surface area (Å²) in [6, 6.07) is 0. The molecule has 52 valence electrons. The molecule has 1 unspecified atom stereocenters. The first-order valence-electron chi connectivity index (χ1n) is 3.15. The van der Waals surface area contributed by atoms with Crippen molar-refractivity contribution in [2.24, 2.45) is 0 Å². The summed E-state index contributed by atoms with van der Waals surface area (Å²) in [6.45, 7) is 0. The summed E-state index contributed by atoms with van der Waals surface area (Å²) < 4.78 is 0. The Kier molecular flexibility index (Phi) is 1.71. The van der Waals surface area contributed by atoms with Gasteiger partial charge in [-0.2, -0.15) is 0 Å². The standard InChI is InChI=1S/C6H11NO2/c1-7-5(8)3-2-4-6(7)9/h5,8H,2-4H2,1H3. The van der Waals surface area contributed by atoms with E-state index >= 15 is 0 Å². The number of piperidine rings is 1. The van der Waals surface area contributed by atoms with Crippen LogP contribution in [0.1, 0.15) is 19.3 Å². The number of nitrogens with zero attached hydrogens (tertiary/aromatic N) is 1. The van der Waals surface area contributed by atoms with Crippen molar-refractivity contribution < 1.29 is 9.90 Å². The molecule has 1 aliphatic heterocycles. The van der Waals surface area contributed by atoms with Crippen molar-refractivity contribution in [3.05, 3.63) is 0 Å². The second-order valence-corrected chi connectivity index (χ2v) is 2.38. The zero-order valence-corrected chi connectivity index (χ0v) is 5.50. The predicted octanol–water partition coefficient (Wildman–Crippen LogP) is -0.0529. The zero-order valence-electron chi connectivity index (χ0n) is 5.50. The number of hydrogen-bond acceptors (Lipinski definition) is 2. The molecule has 3 heteroatoms. The van der Waals surface area contributed by atoms with Gasteiger partial charge in [-0.3, -0.25) is 4.79 Å². The summed E-state index contributed by atoms with van der Waals surface area (Å²) in [4.78, 5) is 12.2. The van der Waals surface area contributed by atoms with Crippen LogP contribution in [0.3, 0.4) is 0 Å². The van der Waals surface area contributed by atoms with E-state index in [0.29, 0.717) is 6.42 Å². The summed E-state index contributed by atoms with van der Waals surface area (Å²) in [7, 11) is 1.63. The number of carbonyl (C=O) groups excluding carboxylic acids is 1. The third-order valence-electron chi connectivity index (χ3n) is 1.69. The van der Waals surface area contributed by atoms with E-state index in [-0.39, 0.29) is 5.91 Å². The summed E-state index contributed by atoms with van der Waals surface area (Å²) in [5.41, 5.74) is 0. The predicted molar refractivity (Wildman–Crippen MR) is 32.6 cm³/mol. The van der Waals surface area contributed by atoms with Gasteiger partial charge < -0.3 is 10.0 Å². The summed E-state index contributed by atoms with van der Waals surface area (Å²) in [5.74, 6) is 0.0498. The molecule has 1 fully saturated rings. The van der Waals surface area contributed by atoms with E-state index in [1.54, 1.807) is 7.05 Å².